The highest BCUT2D eigenvalue weighted by molar-refractivity contribution is 6.10. The van der Waals surface area contributed by atoms with Gasteiger partial charge in [0.1, 0.15) is 0 Å². The second-order valence-corrected chi connectivity index (χ2v) is 21.4. The zero-order valence-corrected chi connectivity index (χ0v) is 41.8. The van der Waals surface area contributed by atoms with E-state index in [2.05, 4.69) is 199 Å². The number of nitriles is 2. The average Bonchev–Trinajstić information content (AvgIpc) is 4.00. The number of hydrogen-bond donors (Lipinski definition) is 0. The van der Waals surface area contributed by atoms with Crippen LogP contribution in [0.2, 0.25) is 0 Å². The van der Waals surface area contributed by atoms with Gasteiger partial charge in [-0.15, -0.1) is 0 Å². The summed E-state index contributed by atoms with van der Waals surface area (Å²) in [4.78, 5) is 15.7. The van der Waals surface area contributed by atoms with E-state index < -0.39 is 0 Å². The van der Waals surface area contributed by atoms with Crippen LogP contribution in [-0.2, 0) is 5.41 Å². The van der Waals surface area contributed by atoms with Crippen LogP contribution in [0.1, 0.15) is 67.7 Å². The molecule has 14 rings (SSSR count). The number of rotatable bonds is 7. The number of fused-ring (bicyclic) bond motifs is 9. The van der Waals surface area contributed by atoms with Crippen molar-refractivity contribution in [3.05, 3.63) is 222 Å². The molecule has 0 aliphatic heterocycles. The SMILES string of the molecule is CC1CC2CC(C)C(c3ccc4c5ccc(C#N)cc5n(-c5ccc(C#N)cc5)c4c3)C(c3ccc(-c4nc(-c5ccc(-n6c7ccccc7c7ccccc76)cc5)nc(-c5ccc6ccccc6c5)n4)cc3)(C1)C2. The lowest BCUT2D eigenvalue weighted by Gasteiger charge is -2.56. The van der Waals surface area contributed by atoms with Crippen molar-refractivity contribution < 1.29 is 0 Å². The van der Waals surface area contributed by atoms with Crippen molar-refractivity contribution in [3.63, 3.8) is 0 Å². The second-order valence-electron chi connectivity index (χ2n) is 21.4. The Morgan fingerprint density at radius 2 is 0.973 bits per heavy atom. The van der Waals surface area contributed by atoms with Gasteiger partial charge in [0.25, 0.3) is 0 Å². The van der Waals surface area contributed by atoms with Crippen LogP contribution in [-0.4, -0.2) is 24.1 Å². The van der Waals surface area contributed by atoms with Crippen LogP contribution in [0.5, 0.6) is 0 Å². The highest BCUT2D eigenvalue weighted by atomic mass is 15.0. The predicted octanol–water partition coefficient (Wildman–Crippen LogP) is 16.5. The third kappa shape index (κ3) is 7.33. The first-order valence-corrected chi connectivity index (χ1v) is 26.3. The summed E-state index contributed by atoms with van der Waals surface area (Å²) in [6, 6.07) is 75.6. The van der Waals surface area contributed by atoms with Crippen molar-refractivity contribution in [1.82, 2.24) is 24.1 Å². The summed E-state index contributed by atoms with van der Waals surface area (Å²) in [6.07, 6.45) is 4.70. The van der Waals surface area contributed by atoms with E-state index in [9.17, 15) is 10.5 Å². The van der Waals surface area contributed by atoms with Gasteiger partial charge in [-0.1, -0.05) is 129 Å². The average molecular weight is 966 g/mol. The molecule has 358 valence electrons. The standard InChI is InChI=1S/C68H51N7/c1-42-33-46-34-43(2)64(51-24-32-59-58-31-17-45(41-70)35-62(58)75(63(59)37-51)54-27-15-44(40-69)16-28-54)68(38-42,39-46)53-25-20-48(21-26-53)65-71-66(73-67(72-65)52-19-18-47-9-3-4-10-50(47)36-52)49-22-29-55(30-23-49)74-60-13-7-5-11-56(60)57-12-6-8-14-61(57)74/h3-32,35-37,42-43,46,64H,33-34,38-39H2,1-2H3. The first kappa shape index (κ1) is 44.5. The summed E-state index contributed by atoms with van der Waals surface area (Å²) in [5, 5.41) is 26.7. The van der Waals surface area contributed by atoms with Gasteiger partial charge >= 0.3 is 0 Å². The van der Waals surface area contributed by atoms with Crippen LogP contribution >= 0.6 is 0 Å². The monoisotopic (exact) mass is 965 g/mol. The van der Waals surface area contributed by atoms with E-state index in [1.54, 1.807) is 0 Å². The number of benzene rings is 9. The Balaban J connectivity index is 0.878. The van der Waals surface area contributed by atoms with Crippen LogP contribution in [0, 0.1) is 40.4 Å². The third-order valence-electron chi connectivity index (χ3n) is 16.8. The number of hydrogen-bond acceptors (Lipinski definition) is 5. The van der Waals surface area contributed by atoms with E-state index >= 15 is 0 Å². The van der Waals surface area contributed by atoms with Crippen LogP contribution in [0.25, 0.3) is 99.9 Å². The van der Waals surface area contributed by atoms with E-state index in [4.69, 9.17) is 15.0 Å². The van der Waals surface area contributed by atoms with Gasteiger partial charge in [0.05, 0.1) is 45.3 Å². The molecule has 7 heteroatoms. The normalized spacial score (nSPS) is 19.4. The summed E-state index contributed by atoms with van der Waals surface area (Å²) in [5.41, 5.74) is 13.2. The number of para-hydroxylation sites is 2. The van der Waals surface area contributed by atoms with Crippen LogP contribution in [0.4, 0.5) is 0 Å². The first-order chi connectivity index (χ1) is 36.8. The lowest BCUT2D eigenvalue weighted by atomic mass is 9.48. The fourth-order valence-corrected chi connectivity index (χ4v) is 13.9. The molecule has 2 fully saturated rings. The second kappa shape index (κ2) is 17.5. The van der Waals surface area contributed by atoms with Gasteiger partial charge in [0.15, 0.2) is 17.5 Å². The molecule has 0 amide bonds. The minimum absolute atomic E-state index is 0.0931. The molecule has 9 aromatic carbocycles. The van der Waals surface area contributed by atoms with E-state index in [-0.39, 0.29) is 11.3 Å². The van der Waals surface area contributed by atoms with Gasteiger partial charge in [-0.25, -0.2) is 15.0 Å². The van der Waals surface area contributed by atoms with E-state index in [1.807, 2.05) is 36.4 Å². The highest BCUT2D eigenvalue weighted by Gasteiger charge is 2.52. The summed E-state index contributed by atoms with van der Waals surface area (Å²) in [7, 11) is 0. The maximum absolute atomic E-state index is 10.00. The minimum Gasteiger partial charge on any atom is -0.309 e. The fourth-order valence-electron chi connectivity index (χ4n) is 13.9. The summed E-state index contributed by atoms with van der Waals surface area (Å²) >= 11 is 0. The minimum atomic E-state index is -0.0931. The molecule has 0 radical (unpaired) electrons. The van der Waals surface area contributed by atoms with E-state index in [1.165, 1.54) is 51.2 Å². The maximum Gasteiger partial charge on any atom is 0.164 e. The Labute approximate surface area is 435 Å². The Morgan fingerprint density at radius 1 is 0.453 bits per heavy atom. The maximum atomic E-state index is 10.00. The van der Waals surface area contributed by atoms with E-state index in [0.29, 0.717) is 46.4 Å². The smallest absolute Gasteiger partial charge is 0.164 e. The van der Waals surface area contributed by atoms with E-state index in [0.717, 1.165) is 68.1 Å². The van der Waals surface area contributed by atoms with Crippen molar-refractivity contribution in [2.75, 3.05) is 0 Å². The quantitative estimate of drug-likeness (QED) is 0.159. The van der Waals surface area contributed by atoms with Crippen molar-refractivity contribution in [2.24, 2.45) is 17.8 Å². The topological polar surface area (TPSA) is 96.1 Å². The van der Waals surface area contributed by atoms with Crippen molar-refractivity contribution in [2.45, 2.75) is 50.9 Å². The molecular weight excluding hydrogens is 915 g/mol. The van der Waals surface area contributed by atoms with Crippen molar-refractivity contribution in [1.29, 1.82) is 10.5 Å². The van der Waals surface area contributed by atoms with Gasteiger partial charge < -0.3 is 9.13 Å². The molecule has 2 aliphatic carbocycles. The summed E-state index contributed by atoms with van der Waals surface area (Å²) < 4.78 is 4.62. The molecule has 7 nitrogen and oxygen atoms in total. The molecule has 12 aromatic rings. The fraction of sp³-hybridized carbons (Fsp3) is 0.162. The van der Waals surface area contributed by atoms with Gasteiger partial charge in [0.2, 0.25) is 0 Å². The van der Waals surface area contributed by atoms with Gasteiger partial charge in [0, 0.05) is 55.0 Å². The Morgan fingerprint density at radius 3 is 1.64 bits per heavy atom. The van der Waals surface area contributed by atoms with Gasteiger partial charge in [-0.05, 0) is 156 Å². The summed E-state index contributed by atoms with van der Waals surface area (Å²) in [6.45, 7) is 4.93. The molecule has 5 atom stereocenters. The molecule has 0 saturated heterocycles. The Kier molecular flexibility index (Phi) is 10.4. The summed E-state index contributed by atoms with van der Waals surface area (Å²) in [5.74, 6) is 3.84. The number of nitrogens with zero attached hydrogens (tertiary/aromatic N) is 7. The molecule has 75 heavy (non-hydrogen) atoms. The third-order valence-corrected chi connectivity index (χ3v) is 16.8. The zero-order chi connectivity index (χ0) is 50.4. The first-order valence-electron chi connectivity index (χ1n) is 26.3. The molecule has 5 unspecified atom stereocenters. The van der Waals surface area contributed by atoms with Crippen LogP contribution in [0.15, 0.2) is 200 Å². The largest absolute Gasteiger partial charge is 0.309 e. The molecule has 3 aromatic heterocycles. The molecule has 3 heterocycles. The molecular formula is C68H51N7. The lowest BCUT2D eigenvalue weighted by Crippen LogP contribution is -2.48. The van der Waals surface area contributed by atoms with Crippen molar-refractivity contribution in [3.8, 4) is 57.7 Å². The highest BCUT2D eigenvalue weighted by Crippen LogP contribution is 2.61. The van der Waals surface area contributed by atoms with Crippen molar-refractivity contribution >= 4 is 54.4 Å². The Hall–Kier alpha value is -9.17. The Bertz CT molecular complexity index is 4260. The molecule has 2 saturated carbocycles. The predicted molar refractivity (Wildman–Crippen MR) is 303 cm³/mol. The molecule has 0 N–H and O–H groups in total. The lowest BCUT2D eigenvalue weighted by molar-refractivity contribution is 0.0525. The van der Waals surface area contributed by atoms with Crippen LogP contribution in [0.3, 0.4) is 0 Å². The van der Waals surface area contributed by atoms with Gasteiger partial charge in [-0.2, -0.15) is 10.5 Å². The molecule has 2 bridgehead atoms. The zero-order valence-electron chi connectivity index (χ0n) is 41.8. The number of aromatic nitrogens is 5. The molecule has 2 aliphatic rings. The molecule has 0 spiro atoms. The van der Waals surface area contributed by atoms with Crippen LogP contribution < -0.4 is 0 Å². The van der Waals surface area contributed by atoms with Gasteiger partial charge in [-0.3, -0.25) is 0 Å².